The van der Waals surface area contributed by atoms with Gasteiger partial charge in [0.05, 0.1) is 11.9 Å². The minimum absolute atomic E-state index is 0.624. The molecular weight excluding hydrogens is 240 g/mol. The molecule has 0 radical (unpaired) electrons. The maximum absolute atomic E-state index is 9.35. The first-order chi connectivity index (χ1) is 9.20. The highest BCUT2D eigenvalue weighted by Crippen LogP contribution is 2.26. The third-order valence-corrected chi connectivity index (χ3v) is 3.65. The van der Waals surface area contributed by atoms with Crippen molar-refractivity contribution in [2.24, 2.45) is 0 Å². The lowest BCUT2D eigenvalue weighted by atomic mass is 10.1. The third-order valence-electron chi connectivity index (χ3n) is 3.65. The molecule has 0 saturated carbocycles. The number of aromatic amines is 1. The number of rotatable bonds is 1. The molecule has 0 unspecified atom stereocenters. The molecule has 1 aliphatic rings. The fourth-order valence-electron chi connectivity index (χ4n) is 2.35. The predicted molar refractivity (Wildman–Crippen MR) is 69.6 cm³/mol. The number of nitrogens with zero attached hydrogens (tertiary/aromatic N) is 5. The van der Waals surface area contributed by atoms with E-state index < -0.39 is 0 Å². The first kappa shape index (κ1) is 11.7. The standard InChI is InChI=1S/C13H14N6/c1-8-9(2)16-18-13(11(8)5-14)19-4-3-12-10(7-19)6-15-17-12/h6H,3-4,7H2,1-2H3,(H,15,17). The van der Waals surface area contributed by atoms with Crippen LogP contribution < -0.4 is 4.90 Å². The highest BCUT2D eigenvalue weighted by molar-refractivity contribution is 5.58. The maximum atomic E-state index is 9.35. The molecule has 0 atom stereocenters. The van der Waals surface area contributed by atoms with Crippen LogP contribution in [0, 0.1) is 25.2 Å². The molecule has 2 aromatic rings. The van der Waals surface area contributed by atoms with E-state index in [1.54, 1.807) is 0 Å². The van der Waals surface area contributed by atoms with E-state index in [4.69, 9.17) is 0 Å². The quantitative estimate of drug-likeness (QED) is 0.828. The number of hydrogen-bond acceptors (Lipinski definition) is 5. The average molecular weight is 254 g/mol. The lowest BCUT2D eigenvalue weighted by molar-refractivity contribution is 0.699. The van der Waals surface area contributed by atoms with Crippen molar-refractivity contribution in [3.63, 3.8) is 0 Å². The molecule has 2 aromatic heterocycles. The Hall–Kier alpha value is -2.42. The van der Waals surface area contributed by atoms with Gasteiger partial charge in [0.2, 0.25) is 0 Å². The first-order valence-electron chi connectivity index (χ1n) is 6.20. The van der Waals surface area contributed by atoms with Crippen molar-refractivity contribution in [1.82, 2.24) is 20.4 Å². The van der Waals surface area contributed by atoms with E-state index in [0.717, 1.165) is 36.3 Å². The molecule has 0 aromatic carbocycles. The molecule has 1 N–H and O–H groups in total. The van der Waals surface area contributed by atoms with Crippen LogP contribution in [0.15, 0.2) is 6.20 Å². The van der Waals surface area contributed by atoms with Gasteiger partial charge in [0, 0.05) is 30.8 Å². The summed E-state index contributed by atoms with van der Waals surface area (Å²) < 4.78 is 0. The first-order valence-corrected chi connectivity index (χ1v) is 6.20. The Balaban J connectivity index is 2.01. The molecular formula is C13H14N6. The summed E-state index contributed by atoms with van der Waals surface area (Å²) in [6.07, 6.45) is 2.72. The molecule has 96 valence electrons. The Morgan fingerprint density at radius 2 is 2.21 bits per heavy atom. The van der Waals surface area contributed by atoms with Gasteiger partial charge in [-0.25, -0.2) is 0 Å². The van der Waals surface area contributed by atoms with E-state index in [0.29, 0.717) is 11.4 Å². The largest absolute Gasteiger partial charge is 0.349 e. The second-order valence-corrected chi connectivity index (χ2v) is 4.77. The smallest absolute Gasteiger partial charge is 0.169 e. The minimum atomic E-state index is 0.624. The Morgan fingerprint density at radius 1 is 1.37 bits per heavy atom. The molecule has 0 amide bonds. The fourth-order valence-corrected chi connectivity index (χ4v) is 2.35. The van der Waals surface area contributed by atoms with Crippen molar-refractivity contribution < 1.29 is 0 Å². The van der Waals surface area contributed by atoms with E-state index in [9.17, 15) is 5.26 Å². The lowest BCUT2D eigenvalue weighted by Gasteiger charge is -2.28. The molecule has 1 aliphatic heterocycles. The Kier molecular flexibility index (Phi) is 2.67. The van der Waals surface area contributed by atoms with Crippen LogP contribution in [0.2, 0.25) is 0 Å². The number of anilines is 1. The van der Waals surface area contributed by atoms with Gasteiger partial charge in [0.25, 0.3) is 0 Å². The maximum Gasteiger partial charge on any atom is 0.169 e. The van der Waals surface area contributed by atoms with Crippen LogP contribution in [-0.4, -0.2) is 26.9 Å². The second kappa shape index (κ2) is 4.35. The third kappa shape index (κ3) is 1.83. The average Bonchev–Trinajstić information content (AvgIpc) is 2.89. The van der Waals surface area contributed by atoms with Gasteiger partial charge in [-0.3, -0.25) is 5.10 Å². The summed E-state index contributed by atoms with van der Waals surface area (Å²) in [6, 6.07) is 2.25. The minimum Gasteiger partial charge on any atom is -0.349 e. The Labute approximate surface area is 111 Å². The zero-order valence-corrected chi connectivity index (χ0v) is 10.9. The summed E-state index contributed by atoms with van der Waals surface area (Å²) in [5, 5.41) is 24.8. The van der Waals surface area contributed by atoms with E-state index in [1.165, 1.54) is 5.69 Å². The predicted octanol–water partition coefficient (Wildman–Crippen LogP) is 1.25. The number of nitrogens with one attached hydrogen (secondary N) is 1. The van der Waals surface area contributed by atoms with Crippen molar-refractivity contribution in [2.75, 3.05) is 11.4 Å². The molecule has 3 rings (SSSR count). The number of aryl methyl sites for hydroxylation is 1. The summed E-state index contributed by atoms with van der Waals surface area (Å²) in [5.74, 6) is 0.678. The lowest BCUT2D eigenvalue weighted by Crippen LogP contribution is -2.31. The van der Waals surface area contributed by atoms with Gasteiger partial charge in [-0.05, 0) is 19.4 Å². The van der Waals surface area contributed by atoms with Gasteiger partial charge in [0.15, 0.2) is 5.82 Å². The van der Waals surface area contributed by atoms with Crippen molar-refractivity contribution in [3.8, 4) is 6.07 Å². The highest BCUT2D eigenvalue weighted by Gasteiger charge is 2.23. The van der Waals surface area contributed by atoms with Crippen molar-refractivity contribution in [1.29, 1.82) is 5.26 Å². The molecule has 0 fully saturated rings. The number of aromatic nitrogens is 4. The SMILES string of the molecule is Cc1nnc(N2CCc3[nH]ncc3C2)c(C#N)c1C. The number of H-pyrrole nitrogens is 1. The molecule has 0 bridgehead atoms. The normalized spacial score (nSPS) is 14.1. The van der Waals surface area contributed by atoms with Gasteiger partial charge >= 0.3 is 0 Å². The number of nitriles is 1. The monoisotopic (exact) mass is 254 g/mol. The van der Waals surface area contributed by atoms with Crippen LogP contribution in [0.5, 0.6) is 0 Å². The molecule has 0 spiro atoms. The van der Waals surface area contributed by atoms with Gasteiger partial charge in [-0.2, -0.15) is 15.5 Å². The van der Waals surface area contributed by atoms with Crippen molar-refractivity contribution in [3.05, 3.63) is 34.3 Å². The fraction of sp³-hybridized carbons (Fsp3) is 0.385. The molecule has 6 heteroatoms. The summed E-state index contributed by atoms with van der Waals surface area (Å²) in [6.45, 7) is 5.33. The van der Waals surface area contributed by atoms with Gasteiger partial charge in [-0.1, -0.05) is 0 Å². The Bertz CT molecular complexity index is 666. The Morgan fingerprint density at radius 3 is 3.00 bits per heavy atom. The van der Waals surface area contributed by atoms with Gasteiger partial charge in [-0.15, -0.1) is 5.10 Å². The van der Waals surface area contributed by atoms with E-state index in [1.807, 2.05) is 20.0 Å². The van der Waals surface area contributed by atoms with Crippen LogP contribution in [0.1, 0.15) is 28.1 Å². The molecule has 6 nitrogen and oxygen atoms in total. The number of fused-ring (bicyclic) bond motifs is 1. The van der Waals surface area contributed by atoms with Gasteiger partial charge < -0.3 is 4.90 Å². The van der Waals surface area contributed by atoms with Crippen LogP contribution in [0.25, 0.3) is 0 Å². The van der Waals surface area contributed by atoms with Crippen LogP contribution in [0.4, 0.5) is 5.82 Å². The summed E-state index contributed by atoms with van der Waals surface area (Å²) in [7, 11) is 0. The summed E-state index contributed by atoms with van der Waals surface area (Å²) in [5.41, 5.74) is 4.67. The summed E-state index contributed by atoms with van der Waals surface area (Å²) in [4.78, 5) is 2.09. The van der Waals surface area contributed by atoms with Crippen molar-refractivity contribution >= 4 is 5.82 Å². The van der Waals surface area contributed by atoms with Crippen LogP contribution in [0.3, 0.4) is 0 Å². The zero-order chi connectivity index (χ0) is 13.4. The topological polar surface area (TPSA) is 81.5 Å². The highest BCUT2D eigenvalue weighted by atomic mass is 15.3. The summed E-state index contributed by atoms with van der Waals surface area (Å²) >= 11 is 0. The second-order valence-electron chi connectivity index (χ2n) is 4.77. The zero-order valence-electron chi connectivity index (χ0n) is 10.9. The van der Waals surface area contributed by atoms with Crippen LogP contribution in [-0.2, 0) is 13.0 Å². The van der Waals surface area contributed by atoms with E-state index in [2.05, 4.69) is 31.4 Å². The van der Waals surface area contributed by atoms with Crippen LogP contribution >= 0.6 is 0 Å². The van der Waals surface area contributed by atoms with E-state index in [-0.39, 0.29) is 0 Å². The molecule has 0 saturated heterocycles. The van der Waals surface area contributed by atoms with Crippen molar-refractivity contribution in [2.45, 2.75) is 26.8 Å². The molecule has 19 heavy (non-hydrogen) atoms. The van der Waals surface area contributed by atoms with Gasteiger partial charge in [0.1, 0.15) is 11.6 Å². The molecule has 3 heterocycles. The number of hydrogen-bond donors (Lipinski definition) is 1. The molecule has 0 aliphatic carbocycles. The van der Waals surface area contributed by atoms with E-state index >= 15 is 0 Å².